The van der Waals surface area contributed by atoms with E-state index in [1.54, 1.807) is 6.92 Å². The Morgan fingerprint density at radius 2 is 2.05 bits per heavy atom. The Kier molecular flexibility index (Phi) is 4.54. The van der Waals surface area contributed by atoms with Crippen molar-refractivity contribution in [1.29, 1.82) is 0 Å². The van der Waals surface area contributed by atoms with Crippen molar-refractivity contribution in [1.82, 2.24) is 4.72 Å². The molecule has 0 fully saturated rings. The van der Waals surface area contributed by atoms with Crippen LogP contribution in [-0.2, 0) is 10.0 Å². The average molecular weight is 290 g/mol. The molecule has 5 nitrogen and oxygen atoms in total. The van der Waals surface area contributed by atoms with Crippen LogP contribution in [0.15, 0.2) is 17.0 Å². The molecule has 1 aromatic rings. The van der Waals surface area contributed by atoms with Gasteiger partial charge in [-0.25, -0.2) is 17.5 Å². The van der Waals surface area contributed by atoms with Crippen LogP contribution in [0, 0.1) is 12.7 Å². The Bertz CT molecular complexity index is 571. The molecule has 0 amide bonds. The van der Waals surface area contributed by atoms with Crippen LogP contribution < -0.4 is 10.5 Å². The lowest BCUT2D eigenvalue weighted by atomic mass is 10.1. The van der Waals surface area contributed by atoms with Crippen LogP contribution in [0.3, 0.4) is 0 Å². The van der Waals surface area contributed by atoms with Crippen molar-refractivity contribution in [2.45, 2.75) is 37.7 Å². The predicted octanol–water partition coefficient (Wildman–Crippen LogP) is 1.16. The first-order valence-electron chi connectivity index (χ1n) is 5.87. The molecule has 0 radical (unpaired) electrons. The highest BCUT2D eigenvalue weighted by atomic mass is 32.2. The van der Waals surface area contributed by atoms with Gasteiger partial charge >= 0.3 is 0 Å². The molecule has 1 unspecified atom stereocenters. The Morgan fingerprint density at radius 3 is 2.58 bits per heavy atom. The number of aliphatic hydroxyl groups is 1. The summed E-state index contributed by atoms with van der Waals surface area (Å²) >= 11 is 0. The Morgan fingerprint density at radius 1 is 1.47 bits per heavy atom. The van der Waals surface area contributed by atoms with Crippen molar-refractivity contribution >= 4 is 15.7 Å². The van der Waals surface area contributed by atoms with Gasteiger partial charge in [-0.05, 0) is 38.0 Å². The first-order valence-corrected chi connectivity index (χ1v) is 7.35. The van der Waals surface area contributed by atoms with E-state index >= 15 is 0 Å². The van der Waals surface area contributed by atoms with E-state index in [4.69, 9.17) is 5.73 Å². The molecular formula is C12H19FN2O3S. The molecule has 7 heteroatoms. The molecule has 0 bridgehead atoms. The van der Waals surface area contributed by atoms with Gasteiger partial charge in [-0.1, -0.05) is 6.92 Å². The smallest absolute Gasteiger partial charge is 0.241 e. The molecule has 0 heterocycles. The molecule has 19 heavy (non-hydrogen) atoms. The van der Waals surface area contributed by atoms with E-state index in [-0.39, 0.29) is 22.7 Å². The van der Waals surface area contributed by atoms with Crippen molar-refractivity contribution in [2.24, 2.45) is 0 Å². The van der Waals surface area contributed by atoms with Crippen molar-refractivity contribution in [3.63, 3.8) is 0 Å². The number of halogens is 1. The summed E-state index contributed by atoms with van der Waals surface area (Å²) < 4.78 is 39.7. The number of hydrogen-bond acceptors (Lipinski definition) is 4. The summed E-state index contributed by atoms with van der Waals surface area (Å²) in [5.74, 6) is -0.656. The van der Waals surface area contributed by atoms with Crippen LogP contribution in [-0.4, -0.2) is 25.7 Å². The molecule has 0 spiro atoms. The highest BCUT2D eigenvalue weighted by molar-refractivity contribution is 7.89. The molecule has 0 aliphatic carbocycles. The number of anilines is 1. The maximum atomic E-state index is 13.2. The Balaban J connectivity index is 3.05. The second kappa shape index (κ2) is 5.44. The number of aryl methyl sites for hydroxylation is 1. The van der Waals surface area contributed by atoms with Gasteiger partial charge in [-0.3, -0.25) is 0 Å². The van der Waals surface area contributed by atoms with Gasteiger partial charge < -0.3 is 10.8 Å². The Hall–Kier alpha value is -1.18. The monoisotopic (exact) mass is 290 g/mol. The van der Waals surface area contributed by atoms with Crippen LogP contribution in [0.25, 0.3) is 0 Å². The Labute approximate surface area is 112 Å². The minimum absolute atomic E-state index is 0.0849. The molecule has 0 saturated heterocycles. The van der Waals surface area contributed by atoms with E-state index in [2.05, 4.69) is 4.72 Å². The van der Waals surface area contributed by atoms with Gasteiger partial charge in [0.2, 0.25) is 10.0 Å². The second-order valence-electron chi connectivity index (χ2n) is 4.81. The molecule has 4 N–H and O–H groups in total. The van der Waals surface area contributed by atoms with E-state index in [0.29, 0.717) is 6.42 Å². The number of nitrogens with two attached hydrogens (primary N) is 1. The third-order valence-electron chi connectivity index (χ3n) is 2.99. The van der Waals surface area contributed by atoms with E-state index in [1.807, 2.05) is 0 Å². The highest BCUT2D eigenvalue weighted by Gasteiger charge is 2.24. The van der Waals surface area contributed by atoms with Gasteiger partial charge in [0.1, 0.15) is 5.82 Å². The molecule has 0 aliphatic heterocycles. The fraction of sp³-hybridized carbons (Fsp3) is 0.500. The fourth-order valence-corrected chi connectivity index (χ4v) is 2.83. The lowest BCUT2D eigenvalue weighted by Gasteiger charge is -2.22. The van der Waals surface area contributed by atoms with Crippen LogP contribution in [0.2, 0.25) is 0 Å². The minimum atomic E-state index is -3.83. The highest BCUT2D eigenvalue weighted by Crippen LogP contribution is 2.21. The van der Waals surface area contributed by atoms with Crippen LogP contribution in [0.1, 0.15) is 25.8 Å². The summed E-state index contributed by atoms with van der Waals surface area (Å²) in [4.78, 5) is -0.0849. The van der Waals surface area contributed by atoms with Crippen molar-refractivity contribution < 1.29 is 17.9 Å². The van der Waals surface area contributed by atoms with E-state index in [1.165, 1.54) is 13.8 Å². The average Bonchev–Trinajstić information content (AvgIpc) is 2.31. The number of benzene rings is 1. The van der Waals surface area contributed by atoms with Gasteiger partial charge in [0.25, 0.3) is 0 Å². The molecule has 0 saturated carbocycles. The zero-order valence-electron chi connectivity index (χ0n) is 11.2. The van der Waals surface area contributed by atoms with Crippen molar-refractivity contribution in [2.75, 3.05) is 12.3 Å². The molecule has 1 atom stereocenters. The van der Waals surface area contributed by atoms with Crippen molar-refractivity contribution in [3.05, 3.63) is 23.5 Å². The molecule has 1 rings (SSSR count). The fourth-order valence-electron chi connectivity index (χ4n) is 1.41. The maximum Gasteiger partial charge on any atom is 0.241 e. The molecular weight excluding hydrogens is 271 g/mol. The normalized spacial score (nSPS) is 15.2. The number of nitrogen functional groups attached to an aromatic ring is 1. The van der Waals surface area contributed by atoms with Gasteiger partial charge in [-0.2, -0.15) is 0 Å². The summed E-state index contributed by atoms with van der Waals surface area (Å²) in [7, 11) is -3.83. The summed E-state index contributed by atoms with van der Waals surface area (Å²) in [5.41, 5.74) is 4.28. The predicted molar refractivity (Wildman–Crippen MR) is 71.7 cm³/mol. The molecule has 0 aromatic heterocycles. The summed E-state index contributed by atoms with van der Waals surface area (Å²) in [6, 6.07) is 2.15. The SMILES string of the molecule is CCC(C)(O)CNS(=O)(=O)c1cc(N)c(F)cc1C. The third kappa shape index (κ3) is 3.89. The largest absolute Gasteiger partial charge is 0.396 e. The number of nitrogens with one attached hydrogen (secondary N) is 1. The topological polar surface area (TPSA) is 92.4 Å². The van der Waals surface area contributed by atoms with E-state index in [9.17, 15) is 17.9 Å². The minimum Gasteiger partial charge on any atom is -0.396 e. The number of rotatable bonds is 5. The molecule has 108 valence electrons. The second-order valence-corrected chi connectivity index (χ2v) is 6.55. The van der Waals surface area contributed by atoms with Crippen molar-refractivity contribution in [3.8, 4) is 0 Å². The summed E-state index contributed by atoms with van der Waals surface area (Å²) in [6.07, 6.45) is 0.403. The van der Waals surface area contributed by atoms with E-state index in [0.717, 1.165) is 12.1 Å². The zero-order valence-corrected chi connectivity index (χ0v) is 12.0. The van der Waals surface area contributed by atoms with E-state index < -0.39 is 21.4 Å². The molecule has 1 aromatic carbocycles. The first kappa shape index (κ1) is 15.9. The van der Waals surface area contributed by atoms with Gasteiger partial charge in [0.15, 0.2) is 0 Å². The van der Waals surface area contributed by atoms with Crippen LogP contribution >= 0.6 is 0 Å². The number of hydrogen-bond donors (Lipinski definition) is 3. The first-order chi connectivity index (χ1) is 8.59. The van der Waals surface area contributed by atoms with Gasteiger partial charge in [0.05, 0.1) is 16.2 Å². The third-order valence-corrected chi connectivity index (χ3v) is 4.53. The zero-order chi connectivity index (χ0) is 14.8. The van der Waals surface area contributed by atoms with Gasteiger partial charge in [0, 0.05) is 6.54 Å². The quantitative estimate of drug-likeness (QED) is 0.709. The maximum absolute atomic E-state index is 13.2. The number of sulfonamides is 1. The standard InChI is InChI=1S/C12H19FN2O3S/c1-4-12(3,16)7-15-19(17,18)11-6-10(14)9(13)5-8(11)2/h5-6,15-16H,4,7,14H2,1-3H3. The molecule has 0 aliphatic rings. The van der Waals surface area contributed by atoms with Gasteiger partial charge in [-0.15, -0.1) is 0 Å². The lowest BCUT2D eigenvalue weighted by molar-refractivity contribution is 0.0613. The summed E-state index contributed by atoms with van der Waals surface area (Å²) in [6.45, 7) is 4.63. The van der Waals surface area contributed by atoms with Crippen LogP contribution in [0.4, 0.5) is 10.1 Å². The summed E-state index contributed by atoms with van der Waals surface area (Å²) in [5, 5.41) is 9.79. The lowest BCUT2D eigenvalue weighted by Crippen LogP contribution is -2.40. The van der Waals surface area contributed by atoms with Crippen LogP contribution in [0.5, 0.6) is 0 Å².